The molecule has 3 heterocycles. The second-order valence-corrected chi connectivity index (χ2v) is 6.65. The summed E-state index contributed by atoms with van der Waals surface area (Å²) in [5.41, 5.74) is 1.71. The fourth-order valence-corrected chi connectivity index (χ4v) is 3.26. The maximum Gasteiger partial charge on any atom is 0.251 e. The van der Waals surface area contributed by atoms with Crippen LogP contribution in [0, 0.1) is 0 Å². The Kier molecular flexibility index (Phi) is 4.86. The summed E-state index contributed by atoms with van der Waals surface area (Å²) in [5.74, 6) is 1.85. The fraction of sp³-hybridized carbons (Fsp3) is 0.316. The summed E-state index contributed by atoms with van der Waals surface area (Å²) >= 11 is 5.94. The van der Waals surface area contributed by atoms with Gasteiger partial charge in [-0.2, -0.15) is 0 Å². The summed E-state index contributed by atoms with van der Waals surface area (Å²) in [6, 6.07) is 11.2. The predicted molar refractivity (Wildman–Crippen MR) is 102 cm³/mol. The van der Waals surface area contributed by atoms with Gasteiger partial charge in [0.15, 0.2) is 0 Å². The fourth-order valence-electron chi connectivity index (χ4n) is 3.13. The van der Waals surface area contributed by atoms with Crippen LogP contribution in [-0.2, 0) is 0 Å². The van der Waals surface area contributed by atoms with E-state index in [2.05, 4.69) is 31.9 Å². The van der Waals surface area contributed by atoms with Crippen LogP contribution in [0.3, 0.4) is 0 Å². The number of rotatable bonds is 4. The van der Waals surface area contributed by atoms with Crippen molar-refractivity contribution >= 4 is 17.4 Å². The van der Waals surface area contributed by atoms with E-state index >= 15 is 0 Å². The van der Waals surface area contributed by atoms with E-state index in [1.54, 1.807) is 0 Å². The van der Waals surface area contributed by atoms with Crippen molar-refractivity contribution in [1.29, 1.82) is 0 Å². The molecule has 0 radical (unpaired) electrons. The van der Waals surface area contributed by atoms with Gasteiger partial charge in [0.1, 0.15) is 5.82 Å². The number of anilines is 1. The highest BCUT2D eigenvalue weighted by molar-refractivity contribution is 6.30. The monoisotopic (exact) mass is 369 g/mol. The molecule has 7 heteroatoms. The van der Waals surface area contributed by atoms with E-state index in [4.69, 9.17) is 16.0 Å². The van der Waals surface area contributed by atoms with Crippen molar-refractivity contribution in [2.75, 3.05) is 37.6 Å². The van der Waals surface area contributed by atoms with E-state index < -0.39 is 0 Å². The van der Waals surface area contributed by atoms with Crippen molar-refractivity contribution in [3.63, 3.8) is 0 Å². The molecule has 0 amide bonds. The number of likely N-dealkylation sites (N-methyl/N-ethyl adjacent to an activating group) is 1. The first-order valence-electron chi connectivity index (χ1n) is 8.76. The average molecular weight is 370 g/mol. The highest BCUT2D eigenvalue weighted by atomic mass is 35.5. The normalized spacial score (nSPS) is 15.4. The molecule has 1 fully saturated rings. The minimum Gasteiger partial charge on any atom is -0.416 e. The molecule has 0 spiro atoms. The largest absolute Gasteiger partial charge is 0.416 e. The van der Waals surface area contributed by atoms with E-state index in [0.29, 0.717) is 16.8 Å². The Morgan fingerprint density at radius 3 is 2.46 bits per heavy atom. The molecule has 0 N–H and O–H groups in total. The summed E-state index contributed by atoms with van der Waals surface area (Å²) in [7, 11) is 0. The van der Waals surface area contributed by atoms with Crippen LogP contribution in [0.4, 0.5) is 5.82 Å². The molecule has 3 aromatic rings. The highest BCUT2D eigenvalue weighted by Gasteiger charge is 2.22. The number of hydrogen-bond acceptors (Lipinski definition) is 6. The summed E-state index contributed by atoms with van der Waals surface area (Å²) in [4.78, 5) is 9.31. The predicted octanol–water partition coefficient (Wildman–Crippen LogP) is 3.59. The summed E-state index contributed by atoms with van der Waals surface area (Å²) in [6.07, 6.45) is 1.81. The zero-order valence-electron chi connectivity index (χ0n) is 14.6. The Morgan fingerprint density at radius 2 is 1.73 bits per heavy atom. The molecule has 0 atom stereocenters. The van der Waals surface area contributed by atoms with Gasteiger partial charge in [-0.3, -0.25) is 0 Å². The van der Waals surface area contributed by atoms with Gasteiger partial charge in [-0.1, -0.05) is 18.5 Å². The number of benzene rings is 1. The van der Waals surface area contributed by atoms with E-state index in [1.807, 2.05) is 42.6 Å². The van der Waals surface area contributed by atoms with Crippen LogP contribution in [0.25, 0.3) is 22.9 Å². The number of nitrogens with zero attached hydrogens (tertiary/aromatic N) is 5. The van der Waals surface area contributed by atoms with Crippen LogP contribution in [-0.4, -0.2) is 52.8 Å². The van der Waals surface area contributed by atoms with Gasteiger partial charge in [-0.05, 0) is 42.9 Å². The van der Waals surface area contributed by atoms with Crippen LogP contribution in [0.15, 0.2) is 47.0 Å². The van der Waals surface area contributed by atoms with Crippen LogP contribution >= 0.6 is 11.6 Å². The maximum absolute atomic E-state index is 5.94. The van der Waals surface area contributed by atoms with Gasteiger partial charge in [-0.15, -0.1) is 10.2 Å². The quantitative estimate of drug-likeness (QED) is 0.700. The second kappa shape index (κ2) is 7.43. The molecule has 1 aromatic carbocycles. The Bertz CT molecular complexity index is 872. The Labute approximate surface area is 157 Å². The summed E-state index contributed by atoms with van der Waals surface area (Å²) < 4.78 is 5.93. The second-order valence-electron chi connectivity index (χ2n) is 6.22. The molecule has 4 rings (SSSR count). The van der Waals surface area contributed by atoms with Gasteiger partial charge in [0.2, 0.25) is 5.89 Å². The van der Waals surface area contributed by atoms with Crippen molar-refractivity contribution in [2.24, 2.45) is 0 Å². The SMILES string of the molecule is CCN1CCN(c2ncccc2-c2nnc(-c3ccc(Cl)cc3)o2)CC1. The standard InChI is InChI=1S/C19H20ClN5O/c1-2-24-10-12-25(13-11-24)17-16(4-3-9-21-17)19-23-22-18(26-19)14-5-7-15(20)8-6-14/h3-9H,2,10-13H2,1H3. The third kappa shape index (κ3) is 3.43. The number of hydrogen-bond donors (Lipinski definition) is 0. The minimum absolute atomic E-state index is 0.474. The smallest absolute Gasteiger partial charge is 0.251 e. The van der Waals surface area contributed by atoms with Gasteiger partial charge in [0.25, 0.3) is 5.89 Å². The lowest BCUT2D eigenvalue weighted by Gasteiger charge is -2.35. The molecule has 134 valence electrons. The van der Waals surface area contributed by atoms with Crippen molar-refractivity contribution in [2.45, 2.75) is 6.92 Å². The van der Waals surface area contributed by atoms with Crippen LogP contribution in [0.2, 0.25) is 5.02 Å². The Balaban J connectivity index is 1.62. The van der Waals surface area contributed by atoms with Gasteiger partial charge < -0.3 is 14.2 Å². The van der Waals surface area contributed by atoms with E-state index in [1.165, 1.54) is 0 Å². The topological polar surface area (TPSA) is 58.3 Å². The lowest BCUT2D eigenvalue weighted by Crippen LogP contribution is -2.46. The maximum atomic E-state index is 5.94. The van der Waals surface area contributed by atoms with Crippen LogP contribution in [0.1, 0.15) is 6.92 Å². The number of aromatic nitrogens is 3. The molecule has 2 aromatic heterocycles. The van der Waals surface area contributed by atoms with Crippen LogP contribution in [0.5, 0.6) is 0 Å². The Morgan fingerprint density at radius 1 is 1.00 bits per heavy atom. The molecule has 1 saturated heterocycles. The molecule has 0 unspecified atom stereocenters. The van der Waals surface area contributed by atoms with E-state index in [9.17, 15) is 0 Å². The Hall–Kier alpha value is -2.44. The van der Waals surface area contributed by atoms with Gasteiger partial charge >= 0.3 is 0 Å². The minimum atomic E-state index is 0.474. The average Bonchev–Trinajstić information content (AvgIpc) is 3.19. The number of pyridine rings is 1. The van der Waals surface area contributed by atoms with Gasteiger partial charge in [0.05, 0.1) is 5.56 Å². The van der Waals surface area contributed by atoms with Crippen LogP contribution < -0.4 is 4.90 Å². The molecule has 1 aliphatic heterocycles. The third-order valence-electron chi connectivity index (χ3n) is 4.65. The number of halogens is 1. The lowest BCUT2D eigenvalue weighted by atomic mass is 10.2. The molecular formula is C19H20ClN5O. The van der Waals surface area contributed by atoms with E-state index in [-0.39, 0.29) is 0 Å². The van der Waals surface area contributed by atoms with Crippen molar-refractivity contribution < 1.29 is 4.42 Å². The van der Waals surface area contributed by atoms with Gasteiger partial charge in [-0.25, -0.2) is 4.98 Å². The van der Waals surface area contributed by atoms with Crippen molar-refractivity contribution in [3.05, 3.63) is 47.6 Å². The molecule has 26 heavy (non-hydrogen) atoms. The third-order valence-corrected chi connectivity index (χ3v) is 4.90. The first-order chi connectivity index (χ1) is 12.7. The number of piperazine rings is 1. The van der Waals surface area contributed by atoms with E-state index in [0.717, 1.165) is 49.7 Å². The lowest BCUT2D eigenvalue weighted by molar-refractivity contribution is 0.270. The van der Waals surface area contributed by atoms with Crippen molar-refractivity contribution in [3.8, 4) is 22.9 Å². The van der Waals surface area contributed by atoms with Gasteiger partial charge in [0, 0.05) is 43.0 Å². The molecule has 0 saturated carbocycles. The molecule has 0 aliphatic carbocycles. The highest BCUT2D eigenvalue weighted by Crippen LogP contribution is 2.30. The zero-order chi connectivity index (χ0) is 17.9. The molecule has 1 aliphatic rings. The molecule has 6 nitrogen and oxygen atoms in total. The first-order valence-corrected chi connectivity index (χ1v) is 9.14. The zero-order valence-corrected chi connectivity index (χ0v) is 15.4. The molecular weight excluding hydrogens is 350 g/mol. The van der Waals surface area contributed by atoms with Crippen molar-refractivity contribution in [1.82, 2.24) is 20.1 Å². The summed E-state index contributed by atoms with van der Waals surface area (Å²) in [6.45, 7) is 7.22. The summed E-state index contributed by atoms with van der Waals surface area (Å²) in [5, 5.41) is 9.11. The molecule has 0 bridgehead atoms. The first kappa shape index (κ1) is 17.0.